The highest BCUT2D eigenvalue weighted by Gasteiger charge is 2.17. The Bertz CT molecular complexity index is 542. The highest BCUT2D eigenvalue weighted by Crippen LogP contribution is 2.34. The lowest BCUT2D eigenvalue weighted by Gasteiger charge is -2.13. The summed E-state index contributed by atoms with van der Waals surface area (Å²) in [6, 6.07) is 1.58. The van der Waals surface area contributed by atoms with E-state index in [2.05, 4.69) is 13.8 Å². The molecule has 0 heterocycles. The normalized spacial score (nSPS) is 11.3. The van der Waals surface area contributed by atoms with Crippen LogP contribution in [0.5, 0.6) is 11.5 Å². The average molecular weight is 409 g/mol. The Labute approximate surface area is 178 Å². The number of hydrogen-bond donors (Lipinski definition) is 2. The number of aromatic hydroxyl groups is 2. The van der Waals surface area contributed by atoms with Crippen LogP contribution in [0, 0.1) is 5.82 Å². The molecule has 1 rings (SSSR count). The molecule has 0 atom stereocenters. The fourth-order valence-corrected chi connectivity index (χ4v) is 4.10. The first-order valence-electron chi connectivity index (χ1n) is 12.3. The van der Waals surface area contributed by atoms with Crippen LogP contribution in [0.2, 0.25) is 0 Å². The van der Waals surface area contributed by atoms with Gasteiger partial charge in [0.05, 0.1) is 0 Å². The van der Waals surface area contributed by atoms with E-state index < -0.39 is 11.6 Å². The number of phenols is 2. The van der Waals surface area contributed by atoms with Crippen LogP contribution < -0.4 is 0 Å². The molecular formula is C26H45FO2. The number of halogens is 1. The van der Waals surface area contributed by atoms with Crippen molar-refractivity contribution in [2.45, 2.75) is 129 Å². The zero-order valence-corrected chi connectivity index (χ0v) is 19.1. The third-order valence-electron chi connectivity index (χ3n) is 5.99. The van der Waals surface area contributed by atoms with Gasteiger partial charge in [-0.25, -0.2) is 4.39 Å². The van der Waals surface area contributed by atoms with E-state index in [1.54, 1.807) is 6.07 Å². The van der Waals surface area contributed by atoms with Gasteiger partial charge in [0.1, 0.15) is 0 Å². The molecule has 0 saturated carbocycles. The summed E-state index contributed by atoms with van der Waals surface area (Å²) in [6.45, 7) is 4.46. The first-order chi connectivity index (χ1) is 14.1. The van der Waals surface area contributed by atoms with Gasteiger partial charge in [0.2, 0.25) is 0 Å². The van der Waals surface area contributed by atoms with E-state index in [4.69, 9.17) is 0 Å². The van der Waals surface area contributed by atoms with Gasteiger partial charge in [-0.2, -0.15) is 0 Å². The molecule has 2 nitrogen and oxygen atoms in total. The van der Waals surface area contributed by atoms with Gasteiger partial charge in [-0.1, -0.05) is 104 Å². The molecule has 0 aliphatic carbocycles. The third kappa shape index (κ3) is 10.9. The Balaban J connectivity index is 2.41. The number of aryl methyl sites for hydroxylation is 1. The standard InChI is InChI=1S/C26H45FO2/c1-3-5-7-9-11-13-15-17-19-22-21-24(28)26(29)25(27)23(22)20-18-16-14-12-10-8-6-4-2/h21,28-29H,3-20H2,1-2H3. The topological polar surface area (TPSA) is 40.5 Å². The van der Waals surface area contributed by atoms with E-state index in [1.807, 2.05) is 0 Å². The molecule has 0 saturated heterocycles. The zero-order valence-electron chi connectivity index (χ0n) is 19.1. The summed E-state index contributed by atoms with van der Waals surface area (Å²) in [5, 5.41) is 19.7. The van der Waals surface area contributed by atoms with Crippen LogP contribution in [0.3, 0.4) is 0 Å². The van der Waals surface area contributed by atoms with E-state index in [9.17, 15) is 14.6 Å². The predicted molar refractivity (Wildman–Crippen MR) is 122 cm³/mol. The Morgan fingerprint density at radius 3 is 1.52 bits per heavy atom. The Hall–Kier alpha value is -1.25. The van der Waals surface area contributed by atoms with Gasteiger partial charge in [0.25, 0.3) is 0 Å². The Kier molecular flexibility index (Phi) is 14.7. The Morgan fingerprint density at radius 2 is 1.03 bits per heavy atom. The molecule has 0 aliphatic heterocycles. The van der Waals surface area contributed by atoms with E-state index >= 15 is 0 Å². The van der Waals surface area contributed by atoms with Crippen molar-refractivity contribution in [2.24, 2.45) is 0 Å². The third-order valence-corrected chi connectivity index (χ3v) is 5.99. The van der Waals surface area contributed by atoms with Crippen LogP contribution >= 0.6 is 0 Å². The van der Waals surface area contributed by atoms with E-state index in [-0.39, 0.29) is 5.75 Å². The van der Waals surface area contributed by atoms with E-state index in [0.717, 1.165) is 37.7 Å². The van der Waals surface area contributed by atoms with Gasteiger partial charge < -0.3 is 10.2 Å². The first kappa shape index (κ1) is 25.8. The summed E-state index contributed by atoms with van der Waals surface area (Å²) in [4.78, 5) is 0. The van der Waals surface area contributed by atoms with Gasteiger partial charge in [-0.05, 0) is 42.9 Å². The summed E-state index contributed by atoms with van der Waals surface area (Å²) in [5.74, 6) is -1.52. The van der Waals surface area contributed by atoms with Crippen LogP contribution in [0.1, 0.15) is 128 Å². The number of hydrogen-bond acceptors (Lipinski definition) is 2. The largest absolute Gasteiger partial charge is 0.504 e. The van der Waals surface area contributed by atoms with E-state index in [1.165, 1.54) is 77.0 Å². The molecule has 2 N–H and O–H groups in total. The predicted octanol–water partition coefficient (Wildman–Crippen LogP) is 8.60. The monoisotopic (exact) mass is 408 g/mol. The molecule has 29 heavy (non-hydrogen) atoms. The number of benzene rings is 1. The highest BCUT2D eigenvalue weighted by atomic mass is 19.1. The van der Waals surface area contributed by atoms with Gasteiger partial charge in [0.15, 0.2) is 17.3 Å². The second-order valence-electron chi connectivity index (χ2n) is 8.65. The minimum atomic E-state index is -0.609. The lowest BCUT2D eigenvalue weighted by molar-refractivity contribution is 0.375. The number of rotatable bonds is 18. The lowest BCUT2D eigenvalue weighted by atomic mass is 9.95. The van der Waals surface area contributed by atoms with Crippen LogP contribution in [0.25, 0.3) is 0 Å². The maximum atomic E-state index is 14.6. The molecule has 0 aromatic heterocycles. The molecular weight excluding hydrogens is 363 g/mol. The second kappa shape index (κ2) is 16.5. The van der Waals surface area contributed by atoms with Crippen LogP contribution in [-0.2, 0) is 12.8 Å². The molecule has 1 aromatic rings. The van der Waals surface area contributed by atoms with Crippen molar-refractivity contribution < 1.29 is 14.6 Å². The van der Waals surface area contributed by atoms with Gasteiger partial charge >= 0.3 is 0 Å². The maximum absolute atomic E-state index is 14.6. The van der Waals surface area contributed by atoms with Crippen LogP contribution in [0.15, 0.2) is 6.07 Å². The van der Waals surface area contributed by atoms with Crippen molar-refractivity contribution >= 4 is 0 Å². The second-order valence-corrected chi connectivity index (χ2v) is 8.65. The first-order valence-corrected chi connectivity index (χ1v) is 12.3. The highest BCUT2D eigenvalue weighted by molar-refractivity contribution is 5.47. The number of phenolic OH excluding ortho intramolecular Hbond substituents is 2. The van der Waals surface area contributed by atoms with Crippen LogP contribution in [-0.4, -0.2) is 10.2 Å². The van der Waals surface area contributed by atoms with Gasteiger partial charge in [-0.15, -0.1) is 0 Å². The van der Waals surface area contributed by atoms with Crippen molar-refractivity contribution in [1.82, 2.24) is 0 Å². The minimum absolute atomic E-state index is 0.322. The minimum Gasteiger partial charge on any atom is -0.504 e. The smallest absolute Gasteiger partial charge is 0.194 e. The number of unbranched alkanes of at least 4 members (excludes halogenated alkanes) is 14. The average Bonchev–Trinajstić information content (AvgIpc) is 2.72. The summed E-state index contributed by atoms with van der Waals surface area (Å²) < 4.78 is 14.6. The molecule has 0 spiro atoms. The SMILES string of the molecule is CCCCCCCCCCc1cc(O)c(O)c(F)c1CCCCCCCCCC. The van der Waals surface area contributed by atoms with Crippen molar-refractivity contribution in [3.63, 3.8) is 0 Å². The summed E-state index contributed by atoms with van der Waals surface area (Å²) in [6.07, 6.45) is 21.1. The zero-order chi connectivity index (χ0) is 21.3. The summed E-state index contributed by atoms with van der Waals surface area (Å²) >= 11 is 0. The molecule has 168 valence electrons. The fourth-order valence-electron chi connectivity index (χ4n) is 4.10. The van der Waals surface area contributed by atoms with Gasteiger partial charge in [0, 0.05) is 0 Å². The molecule has 0 bridgehead atoms. The Morgan fingerprint density at radius 1 is 0.621 bits per heavy atom. The molecule has 0 unspecified atom stereocenters. The van der Waals surface area contributed by atoms with Gasteiger partial charge in [-0.3, -0.25) is 0 Å². The quantitative estimate of drug-likeness (QED) is 0.188. The molecule has 0 amide bonds. The molecule has 3 heteroatoms. The molecule has 0 aliphatic rings. The summed E-state index contributed by atoms with van der Waals surface area (Å²) in [7, 11) is 0. The summed E-state index contributed by atoms with van der Waals surface area (Å²) in [5.41, 5.74) is 1.50. The lowest BCUT2D eigenvalue weighted by Crippen LogP contribution is -2.00. The van der Waals surface area contributed by atoms with Crippen LogP contribution in [0.4, 0.5) is 4.39 Å². The van der Waals surface area contributed by atoms with Crippen molar-refractivity contribution in [3.05, 3.63) is 23.0 Å². The van der Waals surface area contributed by atoms with E-state index in [0.29, 0.717) is 12.0 Å². The molecule has 0 radical (unpaired) electrons. The molecule has 1 aromatic carbocycles. The van der Waals surface area contributed by atoms with Crippen molar-refractivity contribution in [2.75, 3.05) is 0 Å². The fraction of sp³-hybridized carbons (Fsp3) is 0.769. The van der Waals surface area contributed by atoms with Crippen molar-refractivity contribution in [3.8, 4) is 11.5 Å². The molecule has 0 fully saturated rings. The maximum Gasteiger partial charge on any atom is 0.194 e. The van der Waals surface area contributed by atoms with Crippen molar-refractivity contribution in [1.29, 1.82) is 0 Å².